The Morgan fingerprint density at radius 1 is 1.06 bits per heavy atom. The number of hydrogen-bond donors (Lipinski definition) is 0. The molecule has 0 saturated heterocycles. The van der Waals surface area contributed by atoms with Gasteiger partial charge < -0.3 is 9.64 Å². The van der Waals surface area contributed by atoms with E-state index in [-0.39, 0.29) is 17.9 Å². The number of carbonyl (C=O) groups excluding carboxylic acids is 1. The topological polar surface area (TPSA) is 29.5 Å². The van der Waals surface area contributed by atoms with E-state index < -0.39 is 0 Å². The van der Waals surface area contributed by atoms with Crippen molar-refractivity contribution in [1.82, 2.24) is 0 Å². The van der Waals surface area contributed by atoms with Crippen molar-refractivity contribution in [2.75, 3.05) is 18.1 Å². The Bertz CT molecular complexity index is 1150. The number of hydrogen-bond acceptors (Lipinski definition) is 3. The van der Waals surface area contributed by atoms with Crippen LogP contribution in [0.3, 0.4) is 0 Å². The fourth-order valence-electron chi connectivity index (χ4n) is 6.41. The van der Waals surface area contributed by atoms with E-state index in [9.17, 15) is 4.79 Å². The molecule has 0 unspecified atom stereocenters. The molecule has 32 heavy (non-hydrogen) atoms. The van der Waals surface area contributed by atoms with Crippen LogP contribution in [0.2, 0.25) is 10.0 Å². The van der Waals surface area contributed by atoms with Crippen molar-refractivity contribution in [3.8, 4) is 0 Å². The summed E-state index contributed by atoms with van der Waals surface area (Å²) >= 11 is 13.2. The highest BCUT2D eigenvalue weighted by Gasteiger charge is 2.48. The Balaban J connectivity index is 1.58. The van der Waals surface area contributed by atoms with Crippen LogP contribution >= 0.6 is 23.2 Å². The molecule has 0 spiro atoms. The number of anilines is 1. The third-order valence-corrected chi connectivity index (χ3v) is 8.49. The van der Waals surface area contributed by atoms with Crippen molar-refractivity contribution in [2.45, 2.75) is 37.6 Å². The number of esters is 1. The van der Waals surface area contributed by atoms with Gasteiger partial charge >= 0.3 is 5.97 Å². The number of benzene rings is 2. The summed E-state index contributed by atoms with van der Waals surface area (Å²) in [5.74, 6) is 1.21. The predicted molar refractivity (Wildman–Crippen MR) is 129 cm³/mol. The monoisotopic (exact) mass is 465 g/mol. The lowest BCUT2D eigenvalue weighted by atomic mass is 9.70. The lowest BCUT2D eigenvalue weighted by Gasteiger charge is -2.51. The van der Waals surface area contributed by atoms with Crippen molar-refractivity contribution < 1.29 is 9.53 Å². The van der Waals surface area contributed by atoms with Crippen LogP contribution in [-0.4, -0.2) is 19.1 Å². The minimum absolute atomic E-state index is 0.155. The molecular formula is C27H25Cl2NO2. The molecule has 0 saturated carbocycles. The summed E-state index contributed by atoms with van der Waals surface area (Å²) in [4.78, 5) is 15.3. The number of nitrogens with zero attached hydrogens (tertiary/aromatic N) is 1. The van der Waals surface area contributed by atoms with E-state index in [0.29, 0.717) is 40.0 Å². The van der Waals surface area contributed by atoms with E-state index in [0.717, 1.165) is 24.9 Å². The van der Waals surface area contributed by atoms with Crippen LogP contribution in [0, 0.1) is 11.8 Å². The molecular weight excluding hydrogens is 441 g/mol. The van der Waals surface area contributed by atoms with Crippen molar-refractivity contribution in [3.63, 3.8) is 0 Å². The first-order valence-electron chi connectivity index (χ1n) is 11.5. The number of carbonyl (C=O) groups is 1. The summed E-state index contributed by atoms with van der Waals surface area (Å²) in [5, 5.41) is 1.26. The van der Waals surface area contributed by atoms with Crippen molar-refractivity contribution in [1.29, 1.82) is 0 Å². The second kappa shape index (κ2) is 7.67. The Hall–Kier alpha value is -2.23. The second-order valence-corrected chi connectivity index (χ2v) is 10.1. The van der Waals surface area contributed by atoms with Gasteiger partial charge in [-0.2, -0.15) is 0 Å². The summed E-state index contributed by atoms with van der Waals surface area (Å²) in [6.07, 6.45) is 11.3. The maximum Gasteiger partial charge on any atom is 0.338 e. The largest absolute Gasteiger partial charge is 0.462 e. The standard InChI is InChI=1S/C27H25Cl2NO2/c1-2-32-27(31)16-12-21-17-7-3-6-15(17)14-30-25(20-10-5-11-23(28)24(20)29)19-9-4-8-18(19)22(13-16)26(21)30/h3-5,7-8,10-13,15,17-19,25H,2,6,9,14H2,1H3/t15-,17+,18-,19-,25-/m1/s1. The quantitative estimate of drug-likeness (QED) is 0.358. The van der Waals surface area contributed by atoms with Crippen molar-refractivity contribution in [2.24, 2.45) is 11.8 Å². The van der Waals surface area contributed by atoms with Crippen LogP contribution in [-0.2, 0) is 4.74 Å². The molecule has 2 aliphatic carbocycles. The average Bonchev–Trinajstić information content (AvgIpc) is 3.46. The van der Waals surface area contributed by atoms with Crippen molar-refractivity contribution >= 4 is 34.9 Å². The van der Waals surface area contributed by atoms with Crippen LogP contribution < -0.4 is 4.90 Å². The highest BCUT2D eigenvalue weighted by atomic mass is 35.5. The molecule has 0 aromatic heterocycles. The van der Waals surface area contributed by atoms with Crippen LogP contribution in [0.15, 0.2) is 54.6 Å². The molecule has 2 heterocycles. The zero-order chi connectivity index (χ0) is 22.0. The van der Waals surface area contributed by atoms with Gasteiger partial charge in [0.15, 0.2) is 0 Å². The molecule has 5 heteroatoms. The van der Waals surface area contributed by atoms with Crippen molar-refractivity contribution in [3.05, 3.63) is 86.9 Å². The Kier molecular flexibility index (Phi) is 4.89. The number of ether oxygens (including phenoxy) is 1. The Morgan fingerprint density at radius 3 is 2.62 bits per heavy atom. The fraction of sp³-hybridized carbons (Fsp3) is 0.370. The molecule has 2 aliphatic heterocycles. The van der Waals surface area contributed by atoms with Crippen LogP contribution in [0.5, 0.6) is 0 Å². The average molecular weight is 466 g/mol. The third kappa shape index (κ3) is 2.90. The van der Waals surface area contributed by atoms with E-state index in [4.69, 9.17) is 27.9 Å². The van der Waals surface area contributed by atoms with Crippen LogP contribution in [0.4, 0.5) is 5.69 Å². The fourth-order valence-corrected chi connectivity index (χ4v) is 6.83. The highest BCUT2D eigenvalue weighted by molar-refractivity contribution is 6.42. The molecule has 6 rings (SSSR count). The summed E-state index contributed by atoms with van der Waals surface area (Å²) in [6, 6.07) is 10.3. The molecule has 0 fully saturated rings. The second-order valence-electron chi connectivity index (χ2n) is 9.27. The molecule has 2 aromatic rings. The Morgan fingerprint density at radius 2 is 1.81 bits per heavy atom. The normalized spacial score (nSPS) is 29.0. The van der Waals surface area contributed by atoms with Crippen LogP contribution in [0.25, 0.3) is 0 Å². The minimum atomic E-state index is -0.235. The summed E-state index contributed by atoms with van der Waals surface area (Å²) in [7, 11) is 0. The van der Waals surface area contributed by atoms with E-state index in [1.54, 1.807) is 0 Å². The van der Waals surface area contributed by atoms with Gasteiger partial charge in [-0.25, -0.2) is 4.79 Å². The van der Waals surface area contributed by atoms with E-state index >= 15 is 0 Å². The summed E-state index contributed by atoms with van der Waals surface area (Å²) < 4.78 is 5.38. The first kappa shape index (κ1) is 20.4. The zero-order valence-corrected chi connectivity index (χ0v) is 19.4. The SMILES string of the molecule is CCOC(=O)c1cc2c3c(c1)[C@@H]1C=CC[C@H]1[C@H](c1cccc(Cl)c1Cl)N3C[C@H]1CC=C[C@H]21. The first-order valence-corrected chi connectivity index (χ1v) is 12.2. The van der Waals surface area contributed by atoms with Gasteiger partial charge in [-0.15, -0.1) is 0 Å². The first-order chi connectivity index (χ1) is 15.6. The molecule has 164 valence electrons. The predicted octanol–water partition coefficient (Wildman–Crippen LogP) is 7.06. The van der Waals surface area contributed by atoms with Gasteiger partial charge in [0, 0.05) is 24.1 Å². The van der Waals surface area contributed by atoms with E-state index in [1.807, 2.05) is 19.1 Å². The van der Waals surface area contributed by atoms with E-state index in [1.165, 1.54) is 16.8 Å². The molecule has 0 radical (unpaired) electrons. The zero-order valence-electron chi connectivity index (χ0n) is 17.9. The molecule has 0 N–H and O–H groups in total. The lowest BCUT2D eigenvalue weighted by Crippen LogP contribution is -2.46. The lowest BCUT2D eigenvalue weighted by molar-refractivity contribution is 0.0526. The van der Waals surface area contributed by atoms with Crippen LogP contribution in [0.1, 0.15) is 64.7 Å². The molecule has 5 atom stereocenters. The maximum absolute atomic E-state index is 12.7. The molecule has 3 nitrogen and oxygen atoms in total. The molecule has 2 aromatic carbocycles. The van der Waals surface area contributed by atoms with Gasteiger partial charge in [-0.05, 0) is 66.5 Å². The van der Waals surface area contributed by atoms with Gasteiger partial charge in [0.1, 0.15) is 0 Å². The maximum atomic E-state index is 12.7. The number of allylic oxidation sites excluding steroid dienone is 4. The number of rotatable bonds is 3. The van der Waals surface area contributed by atoms with Gasteiger partial charge in [-0.3, -0.25) is 0 Å². The molecule has 4 aliphatic rings. The number of halogens is 2. The van der Waals surface area contributed by atoms with Gasteiger partial charge in [0.2, 0.25) is 0 Å². The molecule has 0 bridgehead atoms. The number of fused-ring (bicyclic) bond motifs is 4. The summed E-state index contributed by atoms with van der Waals surface area (Å²) in [5.41, 5.74) is 5.54. The van der Waals surface area contributed by atoms with Gasteiger partial charge in [0.25, 0.3) is 0 Å². The third-order valence-electron chi connectivity index (χ3n) is 7.66. The highest BCUT2D eigenvalue weighted by Crippen LogP contribution is 2.59. The van der Waals surface area contributed by atoms with E-state index in [2.05, 4.69) is 47.4 Å². The summed E-state index contributed by atoms with van der Waals surface area (Å²) in [6.45, 7) is 3.21. The van der Waals surface area contributed by atoms with Gasteiger partial charge in [0.05, 0.1) is 28.3 Å². The van der Waals surface area contributed by atoms with Gasteiger partial charge in [-0.1, -0.05) is 59.6 Å². The Labute approximate surface area is 198 Å². The molecule has 0 amide bonds. The minimum Gasteiger partial charge on any atom is -0.462 e. The smallest absolute Gasteiger partial charge is 0.338 e.